The predicted octanol–water partition coefficient (Wildman–Crippen LogP) is 16.5. The lowest BCUT2D eigenvalue weighted by atomic mass is 9.71. The Morgan fingerprint density at radius 1 is 0.400 bits per heavy atom. The number of hydrogen-bond donors (Lipinski definition) is 0. The summed E-state index contributed by atoms with van der Waals surface area (Å²) in [6, 6.07) is 30.5. The lowest BCUT2D eigenvalue weighted by Gasteiger charge is -2.38. The number of urea groups is 2. The summed E-state index contributed by atoms with van der Waals surface area (Å²) in [4.78, 5) is 175. The molecule has 2 aromatic heterocycles. The molecule has 0 spiro atoms. The number of nitrogens with zero attached hydrogens (tertiary/aromatic N) is 8. The van der Waals surface area contributed by atoms with E-state index in [0.717, 1.165) is 64.0 Å². The minimum atomic E-state index is -6.33. The number of alkyl halides is 6. The third-order valence-electron chi connectivity index (χ3n) is 19.6. The van der Waals surface area contributed by atoms with E-state index in [1.54, 1.807) is 39.8 Å². The van der Waals surface area contributed by atoms with Crippen LogP contribution in [0.3, 0.4) is 0 Å². The fourth-order valence-corrected chi connectivity index (χ4v) is 16.2. The molecule has 0 atom stereocenters. The average Bonchev–Trinajstić information content (AvgIpc) is 1.69. The monoisotopic (exact) mass is 1740 g/mol. The van der Waals surface area contributed by atoms with Crippen LogP contribution in [0.15, 0.2) is 166 Å². The number of carbonyl (C=O) groups is 12. The largest absolute Gasteiger partial charge is 0.460 e. The Hall–Kier alpha value is -11.7. The number of carbonyl (C=O) groups excluding carboxylic acids is 12. The predicted molar refractivity (Wildman–Crippen MR) is 428 cm³/mol. The van der Waals surface area contributed by atoms with Crippen LogP contribution in [0.1, 0.15) is 145 Å². The standard InChI is InChI=1S/C83H68Br2F6N8O14S2/c1-7-92(53-23-13-47(14-24-53)17-27-55-29-31-57(114-55)45-65-69(100)94(9-3)79(110)95(10-4)70(65)101)37-39-112-77(108)63-43-51(84)21-35-67(63)98-73(104)59-33-19-49(41-61(59)75(98)106)81(82(86,87)88,83(89,90)91)50-20-34-60-62(42-50)76(107)99(74(60)105)68-36-22-52(85)44-64(68)78(109)113-40-38-93(8-2)54-25-15-48(16-26-54)18-28-56-30-32-58(115-56)46-66-71(102)96(11-5)80(111)97(12-6)72(66)103/h13-36,41-46H,7-12,37-40H2,1-6H3/b27-17+,28-18+. The van der Waals surface area contributed by atoms with E-state index in [2.05, 4.69) is 31.9 Å². The highest BCUT2D eigenvalue weighted by Gasteiger charge is 2.73. The number of hydrogen-bond acceptors (Lipinski definition) is 18. The maximum atomic E-state index is 16.1. The summed E-state index contributed by atoms with van der Waals surface area (Å²) in [5, 5.41) is 0. The number of barbiturate groups is 2. The topological polar surface area (TPSA) is 249 Å². The van der Waals surface area contributed by atoms with Crippen LogP contribution in [0.25, 0.3) is 36.5 Å². The highest BCUT2D eigenvalue weighted by molar-refractivity contribution is 9.10. The molecule has 0 bridgehead atoms. The van der Waals surface area contributed by atoms with Crippen LogP contribution in [-0.4, -0.2) is 169 Å². The van der Waals surface area contributed by atoms with Gasteiger partial charge < -0.3 is 19.3 Å². The Morgan fingerprint density at radius 2 is 0.730 bits per heavy atom. The van der Waals surface area contributed by atoms with Gasteiger partial charge in [-0.25, -0.2) is 29.0 Å². The number of rotatable bonds is 26. The second-order valence-electron chi connectivity index (χ2n) is 26.1. The van der Waals surface area contributed by atoms with Gasteiger partial charge in [-0.2, -0.15) is 26.3 Å². The van der Waals surface area contributed by atoms with Crippen LogP contribution < -0.4 is 19.6 Å². The number of imide groups is 6. The number of amides is 12. The van der Waals surface area contributed by atoms with Crippen molar-refractivity contribution in [2.75, 3.05) is 85.2 Å². The molecular weight excluding hydrogens is 1670 g/mol. The van der Waals surface area contributed by atoms with Gasteiger partial charge in [0.05, 0.1) is 57.8 Å². The summed E-state index contributed by atoms with van der Waals surface area (Å²) < 4.78 is 108. The van der Waals surface area contributed by atoms with E-state index in [9.17, 15) is 57.5 Å². The Morgan fingerprint density at radius 3 is 1.05 bits per heavy atom. The van der Waals surface area contributed by atoms with E-state index in [4.69, 9.17) is 9.47 Å². The summed E-state index contributed by atoms with van der Waals surface area (Å²) in [7, 11) is 0. The lowest BCUT2D eigenvalue weighted by Crippen LogP contribution is -2.56. The zero-order valence-electron chi connectivity index (χ0n) is 62.0. The van der Waals surface area contributed by atoms with Gasteiger partial charge in [0.25, 0.3) is 47.3 Å². The van der Waals surface area contributed by atoms with Crippen molar-refractivity contribution in [3.63, 3.8) is 0 Å². The molecule has 12 amide bonds. The minimum Gasteiger partial charge on any atom is -0.460 e. The van der Waals surface area contributed by atoms with Crippen LogP contribution in [0.4, 0.5) is 58.7 Å². The maximum Gasteiger partial charge on any atom is 0.411 e. The van der Waals surface area contributed by atoms with Crippen molar-refractivity contribution in [3.05, 3.63) is 241 Å². The van der Waals surface area contributed by atoms with Crippen molar-refractivity contribution in [3.8, 4) is 0 Å². The van der Waals surface area contributed by atoms with Crippen molar-refractivity contribution < 1.29 is 93.4 Å². The molecule has 32 heteroatoms. The molecule has 4 aliphatic heterocycles. The first-order chi connectivity index (χ1) is 54.8. The zero-order chi connectivity index (χ0) is 82.9. The van der Waals surface area contributed by atoms with Gasteiger partial charge >= 0.3 is 36.4 Å². The third-order valence-corrected chi connectivity index (χ3v) is 22.6. The molecule has 12 rings (SSSR count). The second-order valence-corrected chi connectivity index (χ2v) is 30.2. The first-order valence-corrected chi connectivity index (χ1v) is 39.2. The van der Waals surface area contributed by atoms with E-state index < -0.39 is 134 Å². The molecule has 0 aliphatic carbocycles. The number of ether oxygens (including phenoxy) is 2. The molecular formula is C83H68Br2F6N8O14S2. The molecule has 0 saturated carbocycles. The molecule has 22 nitrogen and oxygen atoms in total. The molecule has 2 saturated heterocycles. The first-order valence-electron chi connectivity index (χ1n) is 36.0. The van der Waals surface area contributed by atoms with Crippen LogP contribution in [-0.2, 0) is 34.1 Å². The molecule has 8 aromatic rings. The molecule has 0 N–H and O–H groups in total. The number of halogens is 8. The Kier molecular flexibility index (Phi) is 24.3. The quantitative estimate of drug-likeness (QED) is 0.0161. The molecule has 6 heterocycles. The van der Waals surface area contributed by atoms with E-state index >= 15 is 26.3 Å². The molecule has 2 fully saturated rings. The summed E-state index contributed by atoms with van der Waals surface area (Å²) in [6.45, 7) is 11.3. The van der Waals surface area contributed by atoms with Gasteiger partial charge in [-0.05, 0) is 197 Å². The molecule has 592 valence electrons. The Labute approximate surface area is 679 Å². The van der Waals surface area contributed by atoms with Crippen molar-refractivity contribution >= 4 is 185 Å². The smallest absolute Gasteiger partial charge is 0.411 e. The van der Waals surface area contributed by atoms with Gasteiger partial charge in [-0.15, -0.1) is 22.7 Å². The van der Waals surface area contributed by atoms with Gasteiger partial charge in [0.2, 0.25) is 5.41 Å². The molecule has 0 unspecified atom stereocenters. The van der Waals surface area contributed by atoms with Crippen molar-refractivity contribution in [1.82, 2.24) is 19.6 Å². The molecule has 6 aromatic carbocycles. The summed E-state index contributed by atoms with van der Waals surface area (Å²) in [6.07, 6.45) is -2.32. The number of anilines is 4. The molecule has 0 radical (unpaired) electrons. The van der Waals surface area contributed by atoms with Gasteiger partial charge in [0.15, 0.2) is 0 Å². The number of thiophene rings is 2. The maximum absolute atomic E-state index is 16.1. The Bertz CT molecular complexity index is 5090. The highest BCUT2D eigenvalue weighted by Crippen LogP contribution is 2.57. The van der Waals surface area contributed by atoms with Crippen molar-refractivity contribution in [2.45, 2.75) is 59.3 Å². The zero-order valence-corrected chi connectivity index (χ0v) is 66.8. The SMILES string of the molecule is CCN1C(=O)C(=Cc2ccc(/C=C/c3ccc(N(CC)CCOC(=O)c4cc(Br)ccc4N4C(=O)c5ccc(C(c6ccc7c(c6)C(=O)N(c6ccc(Br)cc6C(=O)OCCN(CC)c6ccc(/C=C/c8ccc(C=C9C(=O)N(CC)C(=O)N(CC)C9=O)s8)cc6)C7=O)(C(F)(F)F)C(F)(F)F)cc5C4=O)cc3)s2)C(=O)N(CC)C1=O. The number of benzene rings is 6. The second kappa shape index (κ2) is 33.8. The molecule has 115 heavy (non-hydrogen) atoms. The summed E-state index contributed by atoms with van der Waals surface area (Å²) in [5.74, 6) is -10.00. The van der Waals surface area contributed by atoms with Gasteiger partial charge in [-0.3, -0.25) is 58.0 Å². The minimum absolute atomic E-state index is 0.0994. The van der Waals surface area contributed by atoms with E-state index in [1.807, 2.05) is 109 Å². The first kappa shape index (κ1) is 82.7. The van der Waals surface area contributed by atoms with Gasteiger partial charge in [-0.1, -0.05) is 80.4 Å². The number of esters is 2. The Balaban J connectivity index is 0.703. The fraction of sp³-hybridized carbons (Fsp3) is 0.229. The average molecular weight is 1740 g/mol. The fourth-order valence-electron chi connectivity index (χ4n) is 13.8. The van der Waals surface area contributed by atoms with E-state index in [1.165, 1.54) is 59.1 Å². The van der Waals surface area contributed by atoms with E-state index in [0.29, 0.717) is 56.9 Å². The van der Waals surface area contributed by atoms with Crippen LogP contribution in [0.2, 0.25) is 0 Å². The number of likely N-dealkylation sites (N-methyl/N-ethyl adjacent to an activating group) is 6. The van der Waals surface area contributed by atoms with Gasteiger partial charge in [0.1, 0.15) is 24.4 Å². The van der Waals surface area contributed by atoms with Crippen molar-refractivity contribution in [2.24, 2.45) is 0 Å². The number of fused-ring (bicyclic) bond motifs is 2. The third kappa shape index (κ3) is 15.9. The highest BCUT2D eigenvalue weighted by atomic mass is 79.9. The van der Waals surface area contributed by atoms with E-state index in [-0.39, 0.29) is 95.8 Å². The van der Waals surface area contributed by atoms with Crippen LogP contribution >= 0.6 is 54.5 Å². The lowest BCUT2D eigenvalue weighted by molar-refractivity contribution is -0.288. The van der Waals surface area contributed by atoms with Gasteiger partial charge in [0, 0.05) is 79.1 Å². The molecule has 4 aliphatic rings. The normalized spacial score (nSPS) is 14.9. The summed E-state index contributed by atoms with van der Waals surface area (Å²) in [5.41, 5.74) is -10.1. The van der Waals surface area contributed by atoms with Crippen LogP contribution in [0, 0.1) is 0 Å². The summed E-state index contributed by atoms with van der Waals surface area (Å²) >= 11 is 9.19. The van der Waals surface area contributed by atoms with Crippen molar-refractivity contribution in [1.29, 1.82) is 0 Å². The van der Waals surface area contributed by atoms with Crippen LogP contribution in [0.5, 0.6) is 0 Å².